The number of aromatic amines is 1. The lowest BCUT2D eigenvalue weighted by atomic mass is 10.0. The molecular weight excluding hydrogens is 354 g/mol. The van der Waals surface area contributed by atoms with Gasteiger partial charge in [-0.15, -0.1) is 11.3 Å². The summed E-state index contributed by atoms with van der Waals surface area (Å²) < 4.78 is 1.69. The Labute approximate surface area is 153 Å². The fourth-order valence-corrected chi connectivity index (χ4v) is 3.83. The topological polar surface area (TPSA) is 104 Å². The van der Waals surface area contributed by atoms with Crippen molar-refractivity contribution in [1.29, 1.82) is 0 Å². The number of likely N-dealkylation sites (tertiary alicyclic amines) is 1. The SMILES string of the molecule is O=C(O)c1cnn(C2CCN(C(=O)c3cc(-c4cccs4)[nH]n3)CC2)c1. The molecule has 1 aliphatic rings. The molecule has 0 spiro atoms. The number of aromatic carboxylic acids is 1. The van der Waals surface area contributed by atoms with Gasteiger partial charge in [-0.05, 0) is 30.4 Å². The average molecular weight is 371 g/mol. The number of rotatable bonds is 4. The number of aromatic nitrogens is 4. The number of hydrogen-bond donors (Lipinski definition) is 2. The maximum Gasteiger partial charge on any atom is 0.338 e. The lowest BCUT2D eigenvalue weighted by Crippen LogP contribution is -2.39. The van der Waals surface area contributed by atoms with Crippen molar-refractivity contribution >= 4 is 23.2 Å². The van der Waals surface area contributed by atoms with Crippen LogP contribution in [0.4, 0.5) is 0 Å². The molecule has 1 amide bonds. The zero-order valence-electron chi connectivity index (χ0n) is 13.8. The highest BCUT2D eigenvalue weighted by Gasteiger charge is 2.26. The minimum Gasteiger partial charge on any atom is -0.478 e. The summed E-state index contributed by atoms with van der Waals surface area (Å²) in [5, 5.41) is 22.2. The van der Waals surface area contributed by atoms with Crippen molar-refractivity contribution in [2.45, 2.75) is 18.9 Å². The fraction of sp³-hybridized carbons (Fsp3) is 0.294. The normalized spacial score (nSPS) is 15.3. The van der Waals surface area contributed by atoms with Gasteiger partial charge in [-0.2, -0.15) is 10.2 Å². The van der Waals surface area contributed by atoms with E-state index in [9.17, 15) is 9.59 Å². The second kappa shape index (κ2) is 6.75. The summed E-state index contributed by atoms with van der Waals surface area (Å²) in [5.41, 5.74) is 1.44. The lowest BCUT2D eigenvalue weighted by Gasteiger charge is -2.31. The number of carboxylic acids is 1. The van der Waals surface area contributed by atoms with Crippen LogP contribution in [0.3, 0.4) is 0 Å². The third-order valence-electron chi connectivity index (χ3n) is 4.56. The number of nitrogens with one attached hydrogen (secondary N) is 1. The zero-order chi connectivity index (χ0) is 18.1. The van der Waals surface area contributed by atoms with E-state index in [0.29, 0.717) is 18.8 Å². The molecule has 9 heteroatoms. The van der Waals surface area contributed by atoms with Crippen molar-refractivity contribution in [3.8, 4) is 10.6 Å². The summed E-state index contributed by atoms with van der Waals surface area (Å²) in [6, 6.07) is 5.83. The molecule has 2 N–H and O–H groups in total. The number of hydrogen-bond acceptors (Lipinski definition) is 5. The monoisotopic (exact) mass is 371 g/mol. The first-order chi connectivity index (χ1) is 12.6. The predicted molar refractivity (Wildman–Crippen MR) is 95.3 cm³/mol. The van der Waals surface area contributed by atoms with Crippen molar-refractivity contribution in [2.24, 2.45) is 0 Å². The van der Waals surface area contributed by atoms with Gasteiger partial charge in [0, 0.05) is 19.3 Å². The van der Waals surface area contributed by atoms with Gasteiger partial charge in [-0.25, -0.2) is 4.79 Å². The Morgan fingerprint density at radius 2 is 2.12 bits per heavy atom. The number of thiophene rings is 1. The molecule has 1 saturated heterocycles. The fourth-order valence-electron chi connectivity index (χ4n) is 3.13. The van der Waals surface area contributed by atoms with Gasteiger partial charge in [-0.1, -0.05) is 6.07 Å². The van der Waals surface area contributed by atoms with Crippen LogP contribution in [0.2, 0.25) is 0 Å². The van der Waals surface area contributed by atoms with Gasteiger partial charge in [0.1, 0.15) is 0 Å². The molecule has 1 fully saturated rings. The van der Waals surface area contributed by atoms with Crippen molar-refractivity contribution in [2.75, 3.05) is 13.1 Å². The van der Waals surface area contributed by atoms with E-state index in [1.54, 1.807) is 33.2 Å². The van der Waals surface area contributed by atoms with Gasteiger partial charge in [0.15, 0.2) is 5.69 Å². The van der Waals surface area contributed by atoms with E-state index in [1.165, 1.54) is 6.20 Å². The highest BCUT2D eigenvalue weighted by Crippen LogP contribution is 2.26. The van der Waals surface area contributed by atoms with Crippen molar-refractivity contribution in [1.82, 2.24) is 24.9 Å². The van der Waals surface area contributed by atoms with Gasteiger partial charge < -0.3 is 10.0 Å². The molecule has 0 radical (unpaired) electrons. The summed E-state index contributed by atoms with van der Waals surface area (Å²) in [6.07, 6.45) is 4.37. The largest absolute Gasteiger partial charge is 0.478 e. The lowest BCUT2D eigenvalue weighted by molar-refractivity contribution is 0.0683. The predicted octanol–water partition coefficient (Wildman–Crippen LogP) is 2.51. The molecule has 0 unspecified atom stereocenters. The van der Waals surface area contributed by atoms with Crippen LogP contribution in [-0.4, -0.2) is 55.0 Å². The molecule has 8 nitrogen and oxygen atoms in total. The number of nitrogens with zero attached hydrogens (tertiary/aromatic N) is 4. The van der Waals surface area contributed by atoms with Crippen molar-refractivity contribution in [3.63, 3.8) is 0 Å². The Balaban J connectivity index is 1.39. The molecule has 134 valence electrons. The molecule has 26 heavy (non-hydrogen) atoms. The van der Waals surface area contributed by atoms with E-state index in [0.717, 1.165) is 23.4 Å². The molecule has 4 rings (SSSR count). The summed E-state index contributed by atoms with van der Waals surface area (Å²) in [4.78, 5) is 26.5. The van der Waals surface area contributed by atoms with Gasteiger partial charge in [0.2, 0.25) is 0 Å². The first-order valence-corrected chi connectivity index (χ1v) is 9.16. The van der Waals surface area contributed by atoms with E-state index >= 15 is 0 Å². The molecule has 4 heterocycles. The number of piperidine rings is 1. The summed E-state index contributed by atoms with van der Waals surface area (Å²) in [5.74, 6) is -1.07. The first-order valence-electron chi connectivity index (χ1n) is 8.28. The molecule has 0 aromatic carbocycles. The van der Waals surface area contributed by atoms with Crippen LogP contribution in [-0.2, 0) is 0 Å². The molecule has 3 aromatic heterocycles. The van der Waals surface area contributed by atoms with Crippen LogP contribution in [0.1, 0.15) is 39.7 Å². The van der Waals surface area contributed by atoms with Crippen LogP contribution >= 0.6 is 11.3 Å². The number of H-pyrrole nitrogens is 1. The third kappa shape index (κ3) is 3.13. The van der Waals surface area contributed by atoms with Gasteiger partial charge in [0.05, 0.1) is 28.4 Å². The van der Waals surface area contributed by atoms with Crippen LogP contribution in [0.25, 0.3) is 10.6 Å². The third-order valence-corrected chi connectivity index (χ3v) is 5.46. The quantitative estimate of drug-likeness (QED) is 0.733. The van der Waals surface area contributed by atoms with Crippen molar-refractivity contribution < 1.29 is 14.7 Å². The first kappa shape index (κ1) is 16.5. The molecule has 0 aliphatic carbocycles. The van der Waals surface area contributed by atoms with Crippen LogP contribution in [0.5, 0.6) is 0 Å². The summed E-state index contributed by atoms with van der Waals surface area (Å²) >= 11 is 1.59. The van der Waals surface area contributed by atoms with Crippen LogP contribution in [0.15, 0.2) is 36.0 Å². The smallest absolute Gasteiger partial charge is 0.338 e. The molecule has 0 atom stereocenters. The Morgan fingerprint density at radius 1 is 1.31 bits per heavy atom. The molecule has 1 aliphatic heterocycles. The molecule has 3 aromatic rings. The Hall–Kier alpha value is -2.94. The molecule has 0 bridgehead atoms. The number of amides is 1. The van der Waals surface area contributed by atoms with E-state index < -0.39 is 5.97 Å². The minimum absolute atomic E-state index is 0.0887. The van der Waals surface area contributed by atoms with Crippen molar-refractivity contribution in [3.05, 3.63) is 47.2 Å². The molecule has 0 saturated carbocycles. The average Bonchev–Trinajstić information content (AvgIpc) is 3.42. The van der Waals surface area contributed by atoms with E-state index in [-0.39, 0.29) is 17.5 Å². The highest BCUT2D eigenvalue weighted by atomic mass is 32.1. The van der Waals surface area contributed by atoms with Crippen LogP contribution < -0.4 is 0 Å². The van der Waals surface area contributed by atoms with E-state index in [2.05, 4.69) is 15.3 Å². The molecular formula is C17H17N5O3S. The summed E-state index contributed by atoms with van der Waals surface area (Å²) in [7, 11) is 0. The standard InChI is InChI=1S/C17H17N5O3S/c23-16(14-8-13(19-20-14)15-2-1-7-26-15)21-5-3-12(4-6-21)22-10-11(9-18-22)17(24)25/h1-2,7-10,12H,3-6H2,(H,19,20)(H,24,25). The summed E-state index contributed by atoms with van der Waals surface area (Å²) in [6.45, 7) is 1.18. The van der Waals surface area contributed by atoms with E-state index in [1.807, 2.05) is 17.5 Å². The highest BCUT2D eigenvalue weighted by molar-refractivity contribution is 7.13. The Kier molecular flexibility index (Phi) is 4.29. The number of carbonyl (C=O) groups excluding carboxylic acids is 1. The Bertz CT molecular complexity index is 922. The maximum absolute atomic E-state index is 12.7. The van der Waals surface area contributed by atoms with Crippen LogP contribution in [0, 0.1) is 0 Å². The van der Waals surface area contributed by atoms with E-state index in [4.69, 9.17) is 5.11 Å². The minimum atomic E-state index is -0.982. The maximum atomic E-state index is 12.7. The van der Waals surface area contributed by atoms with Gasteiger partial charge >= 0.3 is 5.97 Å². The number of carboxylic acid groups (broad SMARTS) is 1. The zero-order valence-corrected chi connectivity index (χ0v) is 14.6. The second-order valence-electron chi connectivity index (χ2n) is 6.18. The van der Waals surface area contributed by atoms with Gasteiger partial charge in [0.25, 0.3) is 5.91 Å². The van der Waals surface area contributed by atoms with Gasteiger partial charge in [-0.3, -0.25) is 14.6 Å². The second-order valence-corrected chi connectivity index (χ2v) is 7.13. The number of carbonyl (C=O) groups is 2. The Morgan fingerprint density at radius 3 is 2.77 bits per heavy atom.